The van der Waals surface area contributed by atoms with Gasteiger partial charge in [0, 0.05) is 12.0 Å². The summed E-state index contributed by atoms with van der Waals surface area (Å²) in [5.74, 6) is -1.90. The van der Waals surface area contributed by atoms with Crippen LogP contribution in [0.25, 0.3) is 0 Å². The van der Waals surface area contributed by atoms with Gasteiger partial charge in [-0.1, -0.05) is 60.2 Å². The predicted molar refractivity (Wildman–Crippen MR) is 156 cm³/mol. The molecule has 0 saturated carbocycles. The van der Waals surface area contributed by atoms with Crippen LogP contribution in [0, 0.1) is 25.5 Å². The van der Waals surface area contributed by atoms with Gasteiger partial charge in [0.1, 0.15) is 12.6 Å². The first-order chi connectivity index (χ1) is 19.3. The van der Waals surface area contributed by atoms with E-state index in [1.165, 1.54) is 33.2 Å². The van der Waals surface area contributed by atoms with Crippen molar-refractivity contribution in [3.05, 3.63) is 106 Å². The van der Waals surface area contributed by atoms with Crippen LogP contribution in [0.15, 0.2) is 66.7 Å². The lowest BCUT2D eigenvalue weighted by atomic mass is 9.67. The molecule has 2 aliphatic rings. The second-order valence-corrected chi connectivity index (χ2v) is 11.2. The molecule has 5 rings (SSSR count). The van der Waals surface area contributed by atoms with Crippen LogP contribution in [0.2, 0.25) is 0 Å². The second-order valence-electron chi connectivity index (χ2n) is 10.8. The first-order valence-corrected chi connectivity index (χ1v) is 14.2. The molecule has 1 N–H and O–H groups in total. The van der Waals surface area contributed by atoms with Crippen molar-refractivity contribution < 1.29 is 18.3 Å². The molecular formula is C32H35F2N3O2S. The Balaban J connectivity index is 1.17. The highest BCUT2D eigenvalue weighted by molar-refractivity contribution is 7.80. The lowest BCUT2D eigenvalue weighted by Gasteiger charge is -2.43. The third kappa shape index (κ3) is 5.74. The van der Waals surface area contributed by atoms with E-state index in [-0.39, 0.29) is 17.2 Å². The number of amides is 2. The summed E-state index contributed by atoms with van der Waals surface area (Å²) in [6.45, 7) is 7.71. The Labute approximate surface area is 240 Å². The van der Waals surface area contributed by atoms with E-state index in [2.05, 4.69) is 72.6 Å². The van der Waals surface area contributed by atoms with Crippen LogP contribution < -0.4 is 5.32 Å². The fourth-order valence-electron chi connectivity index (χ4n) is 6.05. The van der Waals surface area contributed by atoms with E-state index in [1.54, 1.807) is 0 Å². The Morgan fingerprint density at radius 1 is 1.02 bits per heavy atom. The standard InChI is InChI=1S/C32H35F2N3O2S/c1-22-8-11-25(12-9-22)32(26-7-4-3-6-23(26)2)14-18-36(19-15-32)17-5-16-35-30(38)37-29(21-39-31(37)40)24-10-13-27(33)28(34)20-24/h3-4,6-13,20,29H,5,14-19,21H2,1-2H3,(H,35,38). The average Bonchev–Trinajstić information content (AvgIpc) is 3.35. The quantitative estimate of drug-likeness (QED) is 0.266. The van der Waals surface area contributed by atoms with Gasteiger partial charge in [0.25, 0.3) is 5.17 Å². The SMILES string of the molecule is Cc1ccc(C2(c3ccccc3C)CCN(CCCNC(=O)N3C(=S)OCC3c3ccc(F)c(F)c3)CC2)cc1. The number of carbonyl (C=O) groups excluding carboxylic acids is 1. The number of aryl methyl sites for hydroxylation is 2. The van der Waals surface area contributed by atoms with Crippen LogP contribution >= 0.6 is 12.2 Å². The Hall–Kier alpha value is -3.36. The fraction of sp³-hybridized carbons (Fsp3) is 0.375. The van der Waals surface area contributed by atoms with Crippen molar-refractivity contribution >= 4 is 23.4 Å². The van der Waals surface area contributed by atoms with E-state index in [0.717, 1.165) is 51.0 Å². The highest BCUT2D eigenvalue weighted by Crippen LogP contribution is 2.43. The summed E-state index contributed by atoms with van der Waals surface area (Å²) in [7, 11) is 0. The Kier molecular flexibility index (Phi) is 8.47. The first-order valence-electron chi connectivity index (χ1n) is 13.8. The van der Waals surface area contributed by atoms with E-state index in [0.29, 0.717) is 12.1 Å². The lowest BCUT2D eigenvalue weighted by Crippen LogP contribution is -2.45. The summed E-state index contributed by atoms with van der Waals surface area (Å²) < 4.78 is 32.6. The molecule has 210 valence electrons. The van der Waals surface area contributed by atoms with Gasteiger partial charge in [-0.2, -0.15) is 0 Å². The zero-order valence-electron chi connectivity index (χ0n) is 23.0. The van der Waals surface area contributed by atoms with E-state index in [4.69, 9.17) is 17.0 Å². The highest BCUT2D eigenvalue weighted by atomic mass is 32.1. The number of piperidine rings is 1. The summed E-state index contributed by atoms with van der Waals surface area (Å²) in [6, 6.07) is 20.3. The summed E-state index contributed by atoms with van der Waals surface area (Å²) >= 11 is 5.22. The minimum absolute atomic E-state index is 0.00987. The van der Waals surface area contributed by atoms with Crippen LogP contribution in [-0.4, -0.2) is 53.8 Å². The molecule has 1 unspecified atom stereocenters. The Morgan fingerprint density at radius 2 is 1.75 bits per heavy atom. The summed E-state index contributed by atoms with van der Waals surface area (Å²) in [4.78, 5) is 16.7. The summed E-state index contributed by atoms with van der Waals surface area (Å²) in [5.41, 5.74) is 5.80. The minimum Gasteiger partial charge on any atom is -0.468 e. The van der Waals surface area contributed by atoms with Crippen molar-refractivity contribution in [1.29, 1.82) is 0 Å². The molecule has 3 aromatic carbocycles. The summed E-state index contributed by atoms with van der Waals surface area (Å²) in [5, 5.41) is 2.96. The van der Waals surface area contributed by atoms with Gasteiger partial charge >= 0.3 is 6.03 Å². The maximum Gasteiger partial charge on any atom is 0.325 e. The molecule has 0 aliphatic carbocycles. The molecule has 0 aromatic heterocycles. The number of hydrogen-bond donors (Lipinski definition) is 1. The zero-order chi connectivity index (χ0) is 28.3. The number of likely N-dealkylation sites (tertiary alicyclic amines) is 1. The molecule has 0 radical (unpaired) electrons. The maximum atomic E-state index is 13.8. The molecule has 8 heteroatoms. The van der Waals surface area contributed by atoms with Gasteiger partial charge in [0.2, 0.25) is 0 Å². The zero-order valence-corrected chi connectivity index (χ0v) is 23.8. The van der Waals surface area contributed by atoms with Crippen molar-refractivity contribution in [2.45, 2.75) is 44.6 Å². The van der Waals surface area contributed by atoms with Crippen molar-refractivity contribution in [3.63, 3.8) is 0 Å². The number of benzene rings is 3. The topological polar surface area (TPSA) is 44.8 Å². The second kappa shape index (κ2) is 12.0. The molecule has 2 amide bonds. The van der Waals surface area contributed by atoms with Gasteiger partial charge in [-0.3, -0.25) is 0 Å². The van der Waals surface area contributed by atoms with E-state index in [1.807, 2.05) is 0 Å². The van der Waals surface area contributed by atoms with Crippen LogP contribution in [0.5, 0.6) is 0 Å². The smallest absolute Gasteiger partial charge is 0.325 e. The lowest BCUT2D eigenvalue weighted by molar-refractivity contribution is 0.176. The molecule has 2 heterocycles. The monoisotopic (exact) mass is 563 g/mol. The molecule has 2 aliphatic heterocycles. The van der Waals surface area contributed by atoms with Gasteiger partial charge in [0.05, 0.1) is 0 Å². The third-order valence-electron chi connectivity index (χ3n) is 8.32. The number of hydrogen-bond acceptors (Lipinski definition) is 4. The van der Waals surface area contributed by atoms with Crippen LogP contribution in [0.1, 0.15) is 53.1 Å². The summed E-state index contributed by atoms with van der Waals surface area (Å²) in [6.07, 6.45) is 2.84. The molecule has 2 saturated heterocycles. The number of urea groups is 1. The molecule has 5 nitrogen and oxygen atoms in total. The van der Waals surface area contributed by atoms with Crippen molar-refractivity contribution in [1.82, 2.24) is 15.1 Å². The molecule has 3 aromatic rings. The van der Waals surface area contributed by atoms with Gasteiger partial charge in [-0.05, 0) is 99.3 Å². The van der Waals surface area contributed by atoms with Crippen LogP contribution in [0.4, 0.5) is 13.6 Å². The first kappa shape index (κ1) is 28.2. The molecule has 0 spiro atoms. The predicted octanol–water partition coefficient (Wildman–Crippen LogP) is 6.42. The number of carbonyl (C=O) groups is 1. The maximum absolute atomic E-state index is 13.8. The van der Waals surface area contributed by atoms with Gasteiger partial charge in [0.15, 0.2) is 11.6 Å². The molecule has 40 heavy (non-hydrogen) atoms. The van der Waals surface area contributed by atoms with Gasteiger partial charge < -0.3 is 15.0 Å². The van der Waals surface area contributed by atoms with Gasteiger partial charge in [-0.15, -0.1) is 0 Å². The number of thiocarbonyl (C=S) groups is 1. The van der Waals surface area contributed by atoms with Gasteiger partial charge in [-0.25, -0.2) is 18.5 Å². The minimum atomic E-state index is -0.967. The molecule has 2 fully saturated rings. The third-order valence-corrected chi connectivity index (χ3v) is 8.64. The fourth-order valence-corrected chi connectivity index (χ4v) is 6.33. The van der Waals surface area contributed by atoms with E-state index in [9.17, 15) is 13.6 Å². The van der Waals surface area contributed by atoms with E-state index >= 15 is 0 Å². The number of rotatable bonds is 7. The van der Waals surface area contributed by atoms with Crippen LogP contribution in [0.3, 0.4) is 0 Å². The largest absolute Gasteiger partial charge is 0.468 e. The highest BCUT2D eigenvalue weighted by Gasteiger charge is 2.39. The van der Waals surface area contributed by atoms with Crippen molar-refractivity contribution in [2.24, 2.45) is 0 Å². The molecular weight excluding hydrogens is 528 g/mol. The van der Waals surface area contributed by atoms with Crippen molar-refractivity contribution in [2.75, 3.05) is 32.8 Å². The normalized spacial score (nSPS) is 18.9. The van der Waals surface area contributed by atoms with Crippen molar-refractivity contribution in [3.8, 4) is 0 Å². The number of nitrogens with one attached hydrogen (secondary N) is 1. The number of halogens is 2. The molecule has 0 bridgehead atoms. The molecule has 1 atom stereocenters. The number of ether oxygens (including phenoxy) is 1. The Morgan fingerprint density at radius 3 is 2.45 bits per heavy atom. The van der Waals surface area contributed by atoms with E-state index < -0.39 is 23.7 Å². The van der Waals surface area contributed by atoms with Crippen LogP contribution in [-0.2, 0) is 10.2 Å². The average molecular weight is 564 g/mol. The number of nitrogens with zero attached hydrogens (tertiary/aromatic N) is 2. The Bertz CT molecular complexity index is 1370.